The fourth-order valence-electron chi connectivity index (χ4n) is 4.92. The summed E-state index contributed by atoms with van der Waals surface area (Å²) in [4.78, 5) is 18.6. The zero-order chi connectivity index (χ0) is 25.5. The molecule has 0 saturated carbocycles. The number of fused-ring (bicyclic) bond motifs is 1. The van der Waals surface area contributed by atoms with Gasteiger partial charge in [0.25, 0.3) is 0 Å². The van der Waals surface area contributed by atoms with Crippen LogP contribution >= 0.6 is 0 Å². The average Bonchev–Trinajstić information content (AvgIpc) is 2.91. The summed E-state index contributed by atoms with van der Waals surface area (Å²) >= 11 is 0. The quantitative estimate of drug-likeness (QED) is 0.461. The summed E-state index contributed by atoms with van der Waals surface area (Å²) in [5.74, 6) is 6.45. The van der Waals surface area contributed by atoms with Crippen molar-refractivity contribution in [2.24, 2.45) is 11.8 Å². The first kappa shape index (κ1) is 25.5. The van der Waals surface area contributed by atoms with Gasteiger partial charge < -0.3 is 19.7 Å². The van der Waals surface area contributed by atoms with Crippen LogP contribution in [0, 0.1) is 23.7 Å². The third-order valence-corrected chi connectivity index (χ3v) is 6.94. The molecule has 2 heterocycles. The van der Waals surface area contributed by atoms with Gasteiger partial charge in [-0.2, -0.15) is 0 Å². The van der Waals surface area contributed by atoms with Crippen molar-refractivity contribution in [2.75, 3.05) is 33.9 Å². The Kier molecular flexibility index (Phi) is 8.42. The van der Waals surface area contributed by atoms with Crippen molar-refractivity contribution in [3.63, 3.8) is 0 Å². The average molecular weight is 489 g/mol. The molecule has 188 valence electrons. The molecule has 7 heteroatoms. The van der Waals surface area contributed by atoms with E-state index in [1.807, 2.05) is 48.5 Å². The van der Waals surface area contributed by atoms with E-state index < -0.39 is 18.0 Å². The topological polar surface area (TPSA) is 92.1 Å². The summed E-state index contributed by atoms with van der Waals surface area (Å²) < 4.78 is 10.7. The number of para-hydroxylation sites is 1. The fourth-order valence-corrected chi connectivity index (χ4v) is 4.92. The van der Waals surface area contributed by atoms with Crippen molar-refractivity contribution in [1.29, 1.82) is 0 Å². The third kappa shape index (κ3) is 5.96. The number of piperidine rings is 1. The first-order chi connectivity index (χ1) is 17.5. The molecule has 36 heavy (non-hydrogen) atoms. The second kappa shape index (κ2) is 11.9. The Morgan fingerprint density at radius 1 is 1.19 bits per heavy atom. The highest BCUT2D eigenvalue weighted by atomic mass is 16.5. The van der Waals surface area contributed by atoms with Gasteiger partial charge in [0.2, 0.25) is 0 Å². The maximum Gasteiger partial charge on any atom is 0.308 e. The van der Waals surface area contributed by atoms with Crippen LogP contribution in [0.1, 0.15) is 36.5 Å². The van der Waals surface area contributed by atoms with E-state index in [1.165, 1.54) is 0 Å². The Morgan fingerprint density at radius 2 is 2.03 bits per heavy atom. The Morgan fingerprint density at radius 3 is 2.81 bits per heavy atom. The lowest BCUT2D eigenvalue weighted by Crippen LogP contribution is -2.44. The molecule has 3 atom stereocenters. The molecule has 7 nitrogen and oxygen atoms in total. The Hall–Kier alpha value is -3.60. The molecule has 2 aromatic carbocycles. The predicted molar refractivity (Wildman–Crippen MR) is 138 cm³/mol. The molecular weight excluding hydrogens is 456 g/mol. The number of carbonyl (C=O) groups is 1. The number of aliphatic hydroxyl groups is 1. The minimum atomic E-state index is -0.795. The highest BCUT2D eigenvalue weighted by molar-refractivity contribution is 5.83. The van der Waals surface area contributed by atoms with Crippen molar-refractivity contribution in [3.05, 3.63) is 65.9 Å². The Balaban J connectivity index is 1.38. The van der Waals surface area contributed by atoms with E-state index in [0.717, 1.165) is 40.7 Å². The van der Waals surface area contributed by atoms with Crippen LogP contribution in [0.3, 0.4) is 0 Å². The van der Waals surface area contributed by atoms with E-state index in [9.17, 15) is 15.0 Å². The number of hydrogen-bond donors (Lipinski definition) is 2. The normalized spacial score (nSPS) is 18.8. The number of aliphatic hydroxyl groups excluding tert-OH is 1. The van der Waals surface area contributed by atoms with Crippen LogP contribution in [0.15, 0.2) is 54.7 Å². The maximum absolute atomic E-state index is 12.1. The van der Waals surface area contributed by atoms with Gasteiger partial charge in [0, 0.05) is 18.1 Å². The first-order valence-corrected chi connectivity index (χ1v) is 12.2. The zero-order valence-corrected chi connectivity index (χ0v) is 20.7. The molecule has 0 unspecified atom stereocenters. The van der Waals surface area contributed by atoms with Crippen LogP contribution in [0.5, 0.6) is 11.5 Å². The van der Waals surface area contributed by atoms with Crippen molar-refractivity contribution < 1.29 is 24.5 Å². The van der Waals surface area contributed by atoms with Crippen LogP contribution in [0.25, 0.3) is 10.9 Å². The summed E-state index contributed by atoms with van der Waals surface area (Å²) in [5, 5.41) is 21.8. The van der Waals surface area contributed by atoms with Crippen LogP contribution in [0.2, 0.25) is 0 Å². The second-order valence-corrected chi connectivity index (χ2v) is 9.11. The van der Waals surface area contributed by atoms with Crippen molar-refractivity contribution in [2.45, 2.75) is 25.4 Å². The van der Waals surface area contributed by atoms with Gasteiger partial charge in [0.15, 0.2) is 0 Å². The number of carboxylic acid groups (broad SMARTS) is 1. The number of pyridine rings is 1. The largest absolute Gasteiger partial charge is 0.497 e. The molecule has 2 N–H and O–H groups in total. The second-order valence-electron chi connectivity index (χ2n) is 9.11. The number of hydrogen-bond acceptors (Lipinski definition) is 6. The highest BCUT2D eigenvalue weighted by Gasteiger charge is 2.34. The number of aromatic nitrogens is 1. The van der Waals surface area contributed by atoms with Gasteiger partial charge in [-0.15, -0.1) is 0 Å². The minimum Gasteiger partial charge on any atom is -0.497 e. The summed E-state index contributed by atoms with van der Waals surface area (Å²) in [5.41, 5.74) is 2.40. The number of carboxylic acids is 1. The zero-order valence-electron chi connectivity index (χ0n) is 20.7. The molecular formula is C29H32N2O5. The molecule has 1 aliphatic rings. The predicted octanol–water partition coefficient (Wildman–Crippen LogP) is 4.14. The Labute approximate surface area is 211 Å². The number of rotatable bonds is 8. The number of aliphatic carboxylic acids is 1. The van der Waals surface area contributed by atoms with Gasteiger partial charge in [-0.05, 0) is 73.7 Å². The summed E-state index contributed by atoms with van der Waals surface area (Å²) in [7, 11) is 3.23. The van der Waals surface area contributed by atoms with Crippen LogP contribution < -0.4 is 9.47 Å². The lowest BCUT2D eigenvalue weighted by molar-refractivity contribution is -0.146. The van der Waals surface area contributed by atoms with E-state index in [1.54, 1.807) is 20.4 Å². The molecule has 4 rings (SSSR count). The number of ether oxygens (including phenoxy) is 2. The van der Waals surface area contributed by atoms with Gasteiger partial charge in [0.1, 0.15) is 11.5 Å². The lowest BCUT2D eigenvalue weighted by atomic mass is 9.81. The van der Waals surface area contributed by atoms with E-state index in [0.29, 0.717) is 31.7 Å². The SMILES string of the molecule is COc1ccc2nccc([C@@H](O)CC[C@@H]3CCN(CC#Cc4ccccc4OC)C[C@@H]3C(=O)O)c2c1. The molecule has 1 aliphatic heterocycles. The summed E-state index contributed by atoms with van der Waals surface area (Å²) in [6, 6.07) is 15.0. The molecule has 0 bridgehead atoms. The van der Waals surface area contributed by atoms with Gasteiger partial charge in [-0.3, -0.25) is 14.7 Å². The summed E-state index contributed by atoms with van der Waals surface area (Å²) in [6.45, 7) is 1.73. The van der Waals surface area contributed by atoms with Crippen molar-refractivity contribution in [1.82, 2.24) is 9.88 Å². The van der Waals surface area contributed by atoms with Gasteiger partial charge in [-0.1, -0.05) is 24.0 Å². The lowest BCUT2D eigenvalue weighted by Gasteiger charge is -2.36. The molecule has 0 amide bonds. The number of likely N-dealkylation sites (tertiary alicyclic amines) is 1. The maximum atomic E-state index is 12.1. The molecule has 3 aromatic rings. The van der Waals surface area contributed by atoms with Gasteiger partial charge in [0.05, 0.1) is 43.9 Å². The van der Waals surface area contributed by atoms with Crippen LogP contribution in [0.4, 0.5) is 0 Å². The van der Waals surface area contributed by atoms with Gasteiger partial charge in [-0.25, -0.2) is 0 Å². The standard InChI is InChI=1S/C29H32N2O5/c1-35-22-10-11-26-24(18-22)23(13-15-30-26)27(32)12-9-20-14-17-31(19-25(20)29(33)34)16-5-7-21-6-3-4-8-28(21)36-2/h3-4,6,8,10-11,13,15,18,20,25,27,32H,9,12,14,16-17,19H2,1-2H3,(H,33,34)/t20-,25+,27+/m1/s1. The minimum absolute atomic E-state index is 0.00165. The molecule has 0 radical (unpaired) electrons. The highest BCUT2D eigenvalue weighted by Crippen LogP contribution is 2.33. The molecule has 1 aromatic heterocycles. The fraction of sp³-hybridized carbons (Fsp3) is 0.379. The molecule has 1 fully saturated rings. The monoisotopic (exact) mass is 488 g/mol. The molecule has 0 aliphatic carbocycles. The van der Waals surface area contributed by atoms with Gasteiger partial charge >= 0.3 is 5.97 Å². The van der Waals surface area contributed by atoms with Crippen molar-refractivity contribution in [3.8, 4) is 23.3 Å². The third-order valence-electron chi connectivity index (χ3n) is 6.94. The van der Waals surface area contributed by atoms with E-state index in [2.05, 4.69) is 21.7 Å². The summed E-state index contributed by atoms with van der Waals surface area (Å²) in [6.07, 6.45) is 2.86. The smallest absolute Gasteiger partial charge is 0.308 e. The van der Waals surface area contributed by atoms with Crippen molar-refractivity contribution >= 4 is 16.9 Å². The van der Waals surface area contributed by atoms with E-state index in [4.69, 9.17) is 9.47 Å². The number of benzene rings is 2. The van der Waals surface area contributed by atoms with E-state index >= 15 is 0 Å². The molecule has 0 spiro atoms. The number of methoxy groups -OCH3 is 2. The van der Waals surface area contributed by atoms with Crippen LogP contribution in [-0.2, 0) is 4.79 Å². The number of nitrogens with zero attached hydrogens (tertiary/aromatic N) is 2. The first-order valence-electron chi connectivity index (χ1n) is 12.2. The van der Waals surface area contributed by atoms with E-state index in [-0.39, 0.29) is 5.92 Å². The van der Waals surface area contributed by atoms with Crippen LogP contribution in [-0.4, -0.2) is 59.9 Å². The molecule has 1 saturated heterocycles. The Bertz CT molecular complexity index is 1270.